The Morgan fingerprint density at radius 3 is 2.83 bits per heavy atom. The minimum absolute atomic E-state index is 0.244. The Balaban J connectivity index is 2.23. The zero-order chi connectivity index (χ0) is 13.1. The van der Waals surface area contributed by atoms with Crippen molar-refractivity contribution in [3.8, 4) is 0 Å². The van der Waals surface area contributed by atoms with Gasteiger partial charge in [-0.05, 0) is 11.6 Å². The van der Waals surface area contributed by atoms with Gasteiger partial charge in [-0.25, -0.2) is 0 Å². The van der Waals surface area contributed by atoms with Crippen LogP contribution in [-0.2, 0) is 11.2 Å². The number of aromatic amines is 1. The lowest BCUT2D eigenvalue weighted by Crippen LogP contribution is -2.48. The summed E-state index contributed by atoms with van der Waals surface area (Å²) < 4.78 is 0. The first-order chi connectivity index (χ1) is 8.58. The van der Waals surface area contributed by atoms with Crippen molar-refractivity contribution >= 4 is 16.9 Å². The summed E-state index contributed by atoms with van der Waals surface area (Å²) in [6.45, 7) is 0. The number of rotatable bonds is 5. The molecule has 6 heteroatoms. The van der Waals surface area contributed by atoms with Crippen LogP contribution in [0.4, 0.5) is 0 Å². The quantitative estimate of drug-likeness (QED) is 0.478. The zero-order valence-corrected chi connectivity index (χ0v) is 9.63. The molecule has 0 saturated carbocycles. The maximum atomic E-state index is 11.1. The van der Waals surface area contributed by atoms with E-state index in [0.29, 0.717) is 0 Å². The highest BCUT2D eigenvalue weighted by atomic mass is 16.4. The predicted molar refractivity (Wildman–Crippen MR) is 66.8 cm³/mol. The van der Waals surface area contributed by atoms with E-state index >= 15 is 0 Å². The molecule has 96 valence electrons. The third-order valence-electron chi connectivity index (χ3n) is 2.77. The van der Waals surface area contributed by atoms with Crippen molar-refractivity contribution in [3.63, 3.8) is 0 Å². The number of aliphatic carboxylic acids is 1. The molecule has 0 radical (unpaired) electrons. The fourth-order valence-corrected chi connectivity index (χ4v) is 1.94. The summed E-state index contributed by atoms with van der Waals surface area (Å²) in [5, 5.41) is 21.4. The molecule has 1 heterocycles. The molecule has 0 saturated heterocycles. The molecule has 18 heavy (non-hydrogen) atoms. The van der Waals surface area contributed by atoms with E-state index in [-0.39, 0.29) is 6.42 Å². The maximum absolute atomic E-state index is 11.1. The summed E-state index contributed by atoms with van der Waals surface area (Å²) in [5.41, 5.74) is 6.96. The first-order valence-electron chi connectivity index (χ1n) is 5.55. The fraction of sp³-hybridized carbons (Fsp3) is 0.250. The molecule has 1 aromatic carbocycles. The highest BCUT2D eigenvalue weighted by molar-refractivity contribution is 5.84. The number of fused-ring (bicyclic) bond motifs is 1. The number of hydrogen-bond acceptors (Lipinski definition) is 4. The van der Waals surface area contributed by atoms with Gasteiger partial charge < -0.3 is 15.2 Å². The maximum Gasteiger partial charge on any atom is 0.321 e. The van der Waals surface area contributed by atoms with E-state index in [0.717, 1.165) is 16.5 Å². The number of nitrogens with one attached hydrogen (secondary N) is 2. The SMILES string of the molecule is NC(O)NC(Cc1c[nH]c2ccccc12)C(=O)O. The van der Waals surface area contributed by atoms with Crippen LogP contribution < -0.4 is 11.1 Å². The van der Waals surface area contributed by atoms with E-state index in [1.807, 2.05) is 24.3 Å². The number of carboxylic acid groups (broad SMARTS) is 1. The van der Waals surface area contributed by atoms with Crippen molar-refractivity contribution in [1.29, 1.82) is 0 Å². The summed E-state index contributed by atoms with van der Waals surface area (Å²) in [6, 6.07) is 6.70. The lowest BCUT2D eigenvalue weighted by molar-refractivity contribution is -0.140. The highest BCUT2D eigenvalue weighted by Crippen LogP contribution is 2.19. The average Bonchev–Trinajstić information content (AvgIpc) is 2.71. The van der Waals surface area contributed by atoms with Crippen molar-refractivity contribution in [1.82, 2.24) is 10.3 Å². The van der Waals surface area contributed by atoms with Gasteiger partial charge >= 0.3 is 5.97 Å². The number of aromatic nitrogens is 1. The van der Waals surface area contributed by atoms with Crippen molar-refractivity contribution in [2.75, 3.05) is 0 Å². The molecule has 2 rings (SSSR count). The van der Waals surface area contributed by atoms with Gasteiger partial charge in [0.1, 0.15) is 6.04 Å². The molecular weight excluding hydrogens is 234 g/mol. The van der Waals surface area contributed by atoms with Gasteiger partial charge in [-0.3, -0.25) is 15.8 Å². The topological polar surface area (TPSA) is 111 Å². The molecule has 0 amide bonds. The average molecular weight is 249 g/mol. The van der Waals surface area contributed by atoms with Crippen molar-refractivity contribution in [3.05, 3.63) is 36.0 Å². The minimum Gasteiger partial charge on any atom is -0.480 e. The molecule has 0 spiro atoms. The van der Waals surface area contributed by atoms with E-state index in [2.05, 4.69) is 10.3 Å². The number of aliphatic hydroxyl groups excluding tert-OH is 1. The van der Waals surface area contributed by atoms with Crippen LogP contribution in [0.25, 0.3) is 10.9 Å². The second-order valence-electron chi connectivity index (χ2n) is 4.07. The number of para-hydroxylation sites is 1. The van der Waals surface area contributed by atoms with Crippen LogP contribution in [0.3, 0.4) is 0 Å². The molecule has 6 N–H and O–H groups in total. The van der Waals surface area contributed by atoms with Gasteiger partial charge in [0.05, 0.1) is 0 Å². The highest BCUT2D eigenvalue weighted by Gasteiger charge is 2.20. The summed E-state index contributed by atoms with van der Waals surface area (Å²) in [6.07, 6.45) is 0.662. The van der Waals surface area contributed by atoms with Crippen LogP contribution >= 0.6 is 0 Å². The Bertz CT molecular complexity index is 550. The Morgan fingerprint density at radius 2 is 2.17 bits per heavy atom. The van der Waals surface area contributed by atoms with Gasteiger partial charge in [0.25, 0.3) is 0 Å². The fourth-order valence-electron chi connectivity index (χ4n) is 1.94. The van der Waals surface area contributed by atoms with Crippen molar-refractivity contribution in [2.24, 2.45) is 5.73 Å². The standard InChI is InChI=1S/C12H15N3O3/c13-12(18)15-10(11(16)17)5-7-6-14-9-4-2-1-3-8(7)9/h1-4,6,10,12,14-15,18H,5,13H2,(H,16,17). The van der Waals surface area contributed by atoms with Crippen molar-refractivity contribution in [2.45, 2.75) is 18.8 Å². The van der Waals surface area contributed by atoms with E-state index in [9.17, 15) is 4.79 Å². The molecule has 6 nitrogen and oxygen atoms in total. The number of carboxylic acids is 1. The third-order valence-corrected chi connectivity index (χ3v) is 2.77. The van der Waals surface area contributed by atoms with Crippen LogP contribution in [-0.4, -0.2) is 33.6 Å². The second-order valence-corrected chi connectivity index (χ2v) is 4.07. The second kappa shape index (κ2) is 5.18. The van der Waals surface area contributed by atoms with Crippen molar-refractivity contribution < 1.29 is 15.0 Å². The molecule has 2 atom stereocenters. The molecule has 0 aliphatic rings. The molecule has 0 aliphatic carbocycles. The Labute approximate surface area is 103 Å². The van der Waals surface area contributed by atoms with Gasteiger partial charge in [0.15, 0.2) is 6.35 Å². The monoisotopic (exact) mass is 249 g/mol. The van der Waals surface area contributed by atoms with E-state index in [4.69, 9.17) is 15.9 Å². The molecule has 0 bridgehead atoms. The van der Waals surface area contributed by atoms with E-state index in [1.165, 1.54) is 0 Å². The zero-order valence-electron chi connectivity index (χ0n) is 9.63. The first-order valence-corrected chi connectivity index (χ1v) is 5.55. The van der Waals surface area contributed by atoms with Gasteiger partial charge in [-0.2, -0.15) is 0 Å². The molecule has 1 aromatic heterocycles. The smallest absolute Gasteiger partial charge is 0.321 e. The lowest BCUT2D eigenvalue weighted by Gasteiger charge is -2.15. The van der Waals surface area contributed by atoms with Gasteiger partial charge in [-0.15, -0.1) is 0 Å². The number of carbonyl (C=O) groups is 1. The molecular formula is C12H15N3O3. The third kappa shape index (κ3) is 2.67. The lowest BCUT2D eigenvalue weighted by atomic mass is 10.1. The number of nitrogens with two attached hydrogens (primary N) is 1. The summed E-state index contributed by atoms with van der Waals surface area (Å²) in [5.74, 6) is -1.05. The van der Waals surface area contributed by atoms with Crippen LogP contribution in [0.5, 0.6) is 0 Å². The van der Waals surface area contributed by atoms with Gasteiger partial charge in [0.2, 0.25) is 0 Å². The molecule has 0 fully saturated rings. The number of hydrogen-bond donors (Lipinski definition) is 5. The molecule has 2 aromatic rings. The van der Waals surface area contributed by atoms with Crippen LogP contribution in [0, 0.1) is 0 Å². The Hall–Kier alpha value is -1.89. The number of H-pyrrole nitrogens is 1. The Kier molecular flexibility index (Phi) is 3.61. The summed E-state index contributed by atoms with van der Waals surface area (Å²) in [4.78, 5) is 14.1. The largest absolute Gasteiger partial charge is 0.480 e. The number of aliphatic hydroxyl groups is 1. The Morgan fingerprint density at radius 1 is 1.44 bits per heavy atom. The first kappa shape index (κ1) is 12.6. The van der Waals surface area contributed by atoms with E-state index < -0.39 is 18.4 Å². The van der Waals surface area contributed by atoms with Gasteiger partial charge in [-0.1, -0.05) is 18.2 Å². The minimum atomic E-state index is -1.35. The van der Waals surface area contributed by atoms with Gasteiger partial charge in [0, 0.05) is 23.5 Å². The normalized spacial score (nSPS) is 14.6. The summed E-state index contributed by atoms with van der Waals surface area (Å²) >= 11 is 0. The summed E-state index contributed by atoms with van der Waals surface area (Å²) in [7, 11) is 0. The van der Waals surface area contributed by atoms with Crippen LogP contribution in [0.15, 0.2) is 30.5 Å². The molecule has 2 unspecified atom stereocenters. The molecule has 0 aliphatic heterocycles. The number of benzene rings is 1. The van der Waals surface area contributed by atoms with Crippen LogP contribution in [0.2, 0.25) is 0 Å². The van der Waals surface area contributed by atoms with E-state index in [1.54, 1.807) is 6.20 Å². The van der Waals surface area contributed by atoms with Crippen LogP contribution in [0.1, 0.15) is 5.56 Å². The predicted octanol–water partition coefficient (Wildman–Crippen LogP) is -0.0122.